The van der Waals surface area contributed by atoms with Crippen LogP contribution in [-0.4, -0.2) is 114 Å². The molecule has 0 N–H and O–H groups in total. The third-order valence-electron chi connectivity index (χ3n) is 8.59. The summed E-state index contributed by atoms with van der Waals surface area (Å²) in [6.45, 7) is 15.4. The zero-order valence-corrected chi connectivity index (χ0v) is 23.2. The maximum Gasteiger partial charge on any atom is 0.229 e. The van der Waals surface area contributed by atoms with E-state index in [2.05, 4.69) is 36.0 Å². The second-order valence-corrected chi connectivity index (χ2v) is 10.9. The SMILES string of the molecule is CCN1CCN(CCCn2cnc3c(N4CCN(c5ccccc5C=O)CC4)nc(N4CCCC4)nc32)CC1. The van der Waals surface area contributed by atoms with Gasteiger partial charge in [-0.1, -0.05) is 19.1 Å². The van der Waals surface area contributed by atoms with Crippen LogP contribution in [-0.2, 0) is 6.54 Å². The van der Waals surface area contributed by atoms with Crippen molar-refractivity contribution < 1.29 is 4.79 Å². The molecule has 0 saturated carbocycles. The minimum absolute atomic E-state index is 0.748. The number of aryl methyl sites for hydroxylation is 1. The van der Waals surface area contributed by atoms with Gasteiger partial charge in [0.15, 0.2) is 23.3 Å². The summed E-state index contributed by atoms with van der Waals surface area (Å²) in [5.41, 5.74) is 3.61. The van der Waals surface area contributed by atoms with E-state index in [-0.39, 0.29) is 0 Å². The summed E-state index contributed by atoms with van der Waals surface area (Å²) < 4.78 is 2.24. The highest BCUT2D eigenvalue weighted by Crippen LogP contribution is 2.29. The molecule has 0 amide bonds. The smallest absolute Gasteiger partial charge is 0.229 e. The molecule has 1 aromatic carbocycles. The fourth-order valence-corrected chi connectivity index (χ4v) is 6.19. The first-order valence-corrected chi connectivity index (χ1v) is 14.7. The number of aldehydes is 1. The van der Waals surface area contributed by atoms with Crippen LogP contribution in [0.25, 0.3) is 11.2 Å². The Morgan fingerprint density at radius 2 is 1.51 bits per heavy atom. The van der Waals surface area contributed by atoms with Crippen molar-refractivity contribution in [2.45, 2.75) is 32.7 Å². The first kappa shape index (κ1) is 26.0. The lowest BCUT2D eigenvalue weighted by molar-refractivity contribution is 0.112. The van der Waals surface area contributed by atoms with Crippen LogP contribution in [0.15, 0.2) is 30.6 Å². The predicted molar refractivity (Wildman–Crippen MR) is 156 cm³/mol. The molecule has 3 aliphatic heterocycles. The van der Waals surface area contributed by atoms with Crippen LogP contribution in [0.4, 0.5) is 17.5 Å². The van der Waals surface area contributed by atoms with Crippen LogP contribution >= 0.6 is 0 Å². The van der Waals surface area contributed by atoms with Crippen molar-refractivity contribution in [1.82, 2.24) is 29.3 Å². The second kappa shape index (κ2) is 11.9. The Morgan fingerprint density at radius 3 is 2.26 bits per heavy atom. The summed E-state index contributed by atoms with van der Waals surface area (Å²) in [5.74, 6) is 1.78. The molecule has 39 heavy (non-hydrogen) atoms. The molecule has 3 aliphatic rings. The fraction of sp³-hybridized carbons (Fsp3) is 0.586. The lowest BCUT2D eigenvalue weighted by atomic mass is 10.1. The van der Waals surface area contributed by atoms with Crippen LogP contribution in [0.2, 0.25) is 0 Å². The number of hydrogen-bond donors (Lipinski definition) is 0. The molecule has 2 aromatic heterocycles. The molecule has 3 aromatic rings. The van der Waals surface area contributed by atoms with Crippen molar-refractivity contribution >= 4 is 34.9 Å². The molecule has 0 aliphatic carbocycles. The first-order chi connectivity index (χ1) is 19.2. The van der Waals surface area contributed by atoms with Crippen LogP contribution in [0.5, 0.6) is 0 Å². The molecule has 3 saturated heterocycles. The molecule has 10 heteroatoms. The van der Waals surface area contributed by atoms with Gasteiger partial charge in [0, 0.05) is 83.2 Å². The Kier molecular flexibility index (Phi) is 7.92. The molecule has 208 valence electrons. The first-order valence-electron chi connectivity index (χ1n) is 14.7. The van der Waals surface area contributed by atoms with Crippen LogP contribution in [0.1, 0.15) is 36.5 Å². The minimum Gasteiger partial charge on any atom is -0.367 e. The van der Waals surface area contributed by atoms with E-state index < -0.39 is 0 Å². The van der Waals surface area contributed by atoms with Gasteiger partial charge in [0.1, 0.15) is 0 Å². The average Bonchev–Trinajstić information content (AvgIpc) is 3.68. The Hall–Kier alpha value is -3.24. The van der Waals surface area contributed by atoms with E-state index in [1.807, 2.05) is 30.6 Å². The van der Waals surface area contributed by atoms with Gasteiger partial charge in [-0.3, -0.25) is 4.79 Å². The number of para-hydroxylation sites is 1. The number of anilines is 3. The van der Waals surface area contributed by atoms with E-state index in [1.54, 1.807) is 0 Å². The van der Waals surface area contributed by atoms with Gasteiger partial charge in [-0.2, -0.15) is 9.97 Å². The molecule has 10 nitrogen and oxygen atoms in total. The number of piperazine rings is 2. The number of likely N-dealkylation sites (N-methyl/N-ethyl adjacent to an activating group) is 1. The number of carbonyl (C=O) groups excluding carboxylic acids is 1. The summed E-state index contributed by atoms with van der Waals surface area (Å²) in [7, 11) is 0. The number of aromatic nitrogens is 4. The third-order valence-corrected chi connectivity index (χ3v) is 8.59. The van der Waals surface area contributed by atoms with Gasteiger partial charge < -0.3 is 29.1 Å². The van der Waals surface area contributed by atoms with Crippen molar-refractivity contribution in [3.63, 3.8) is 0 Å². The van der Waals surface area contributed by atoms with E-state index >= 15 is 0 Å². The lowest BCUT2D eigenvalue weighted by Gasteiger charge is -2.37. The van der Waals surface area contributed by atoms with E-state index in [9.17, 15) is 4.79 Å². The third kappa shape index (κ3) is 5.58. The normalized spacial score (nSPS) is 19.4. The maximum absolute atomic E-state index is 11.6. The molecule has 0 bridgehead atoms. The van der Waals surface area contributed by atoms with E-state index in [0.717, 1.165) is 119 Å². The van der Waals surface area contributed by atoms with E-state index in [1.165, 1.54) is 25.9 Å². The van der Waals surface area contributed by atoms with Crippen molar-refractivity contribution in [2.75, 3.05) is 93.2 Å². The van der Waals surface area contributed by atoms with Gasteiger partial charge in [0.05, 0.1) is 6.33 Å². The second-order valence-electron chi connectivity index (χ2n) is 10.9. The van der Waals surface area contributed by atoms with Crippen LogP contribution in [0.3, 0.4) is 0 Å². The number of rotatable bonds is 9. The number of benzene rings is 1. The molecule has 5 heterocycles. The minimum atomic E-state index is 0.748. The molecule has 0 atom stereocenters. The standard InChI is InChI=1S/C29H41N9O/c1-2-33-14-16-34(17-15-33)10-7-13-38-23-30-26-27(31-29(32-28(26)38)37-11-5-6-12-37)36-20-18-35(19-21-36)25-9-4-3-8-24(25)22-39/h3-4,8-9,22-23H,2,5-7,10-21H2,1H3. The number of imidazole rings is 1. The number of carbonyl (C=O) groups is 1. The van der Waals surface area contributed by atoms with Crippen molar-refractivity contribution in [1.29, 1.82) is 0 Å². The summed E-state index contributed by atoms with van der Waals surface area (Å²) in [6, 6.07) is 7.86. The number of nitrogens with zero attached hydrogens (tertiary/aromatic N) is 9. The zero-order chi connectivity index (χ0) is 26.6. The van der Waals surface area contributed by atoms with Crippen molar-refractivity contribution in [2.24, 2.45) is 0 Å². The van der Waals surface area contributed by atoms with Gasteiger partial charge in [-0.15, -0.1) is 0 Å². The van der Waals surface area contributed by atoms with E-state index in [4.69, 9.17) is 15.0 Å². The highest BCUT2D eigenvalue weighted by atomic mass is 16.1. The fourth-order valence-electron chi connectivity index (χ4n) is 6.19. The summed E-state index contributed by atoms with van der Waals surface area (Å²) in [4.78, 5) is 38.7. The Labute approximate surface area is 231 Å². The number of fused-ring (bicyclic) bond motifs is 1. The van der Waals surface area contributed by atoms with Crippen molar-refractivity contribution in [3.8, 4) is 0 Å². The summed E-state index contributed by atoms with van der Waals surface area (Å²) in [5, 5.41) is 0. The summed E-state index contributed by atoms with van der Waals surface area (Å²) >= 11 is 0. The Bertz CT molecular complexity index is 1250. The highest BCUT2D eigenvalue weighted by Gasteiger charge is 2.26. The van der Waals surface area contributed by atoms with Gasteiger partial charge in [-0.25, -0.2) is 4.98 Å². The molecule has 3 fully saturated rings. The van der Waals surface area contributed by atoms with Gasteiger partial charge in [0.25, 0.3) is 0 Å². The molecular weight excluding hydrogens is 490 g/mol. The molecule has 0 spiro atoms. The largest absolute Gasteiger partial charge is 0.367 e. The predicted octanol–water partition coefficient (Wildman–Crippen LogP) is 2.59. The quantitative estimate of drug-likeness (QED) is 0.387. The molecule has 0 radical (unpaired) electrons. The van der Waals surface area contributed by atoms with E-state index in [0.29, 0.717) is 0 Å². The summed E-state index contributed by atoms with van der Waals surface area (Å²) in [6.07, 6.45) is 6.38. The topological polar surface area (TPSA) is 76.9 Å². The van der Waals surface area contributed by atoms with Crippen LogP contribution in [0, 0.1) is 0 Å². The average molecular weight is 532 g/mol. The highest BCUT2D eigenvalue weighted by molar-refractivity contribution is 5.86. The maximum atomic E-state index is 11.6. The van der Waals surface area contributed by atoms with Crippen LogP contribution < -0.4 is 14.7 Å². The zero-order valence-electron chi connectivity index (χ0n) is 23.2. The van der Waals surface area contributed by atoms with Crippen molar-refractivity contribution in [3.05, 3.63) is 36.2 Å². The molecular formula is C29H41N9O. The molecule has 0 unspecified atom stereocenters. The molecule has 6 rings (SSSR count). The lowest BCUT2D eigenvalue weighted by Crippen LogP contribution is -2.47. The van der Waals surface area contributed by atoms with Gasteiger partial charge in [0.2, 0.25) is 5.95 Å². The Morgan fingerprint density at radius 1 is 0.795 bits per heavy atom. The van der Waals surface area contributed by atoms with Gasteiger partial charge >= 0.3 is 0 Å². The monoisotopic (exact) mass is 531 g/mol. The van der Waals surface area contributed by atoms with Gasteiger partial charge in [-0.05, 0) is 44.5 Å². The number of hydrogen-bond acceptors (Lipinski definition) is 9. The Balaban J connectivity index is 1.19.